The van der Waals surface area contributed by atoms with Gasteiger partial charge in [-0.15, -0.1) is 11.8 Å². The van der Waals surface area contributed by atoms with Crippen LogP contribution in [-0.4, -0.2) is 92.2 Å². The lowest BCUT2D eigenvalue weighted by molar-refractivity contribution is -0.137. The Bertz CT molecular complexity index is 808. The van der Waals surface area contributed by atoms with E-state index in [9.17, 15) is 33.6 Å². The fraction of sp³-hybridized carbons (Fsp3) is 0.625. The van der Waals surface area contributed by atoms with Crippen molar-refractivity contribution < 1.29 is 33.6 Å². The molecule has 0 saturated carbocycles. The second-order valence-electron chi connectivity index (χ2n) is 8.13. The van der Waals surface area contributed by atoms with Crippen molar-refractivity contribution in [1.29, 1.82) is 0 Å². The van der Waals surface area contributed by atoms with Gasteiger partial charge in [0, 0.05) is 31.7 Å². The van der Waals surface area contributed by atoms with Crippen molar-refractivity contribution in [2.24, 2.45) is 0 Å². The van der Waals surface area contributed by atoms with E-state index in [1.807, 2.05) is 6.92 Å². The van der Waals surface area contributed by atoms with Crippen LogP contribution in [0.2, 0.25) is 0 Å². The second kappa shape index (κ2) is 23.0. The van der Waals surface area contributed by atoms with Crippen molar-refractivity contribution in [3.05, 3.63) is 12.2 Å². The molecule has 4 N–H and O–H groups in total. The van der Waals surface area contributed by atoms with E-state index in [1.165, 1.54) is 17.1 Å². The molecule has 0 saturated heterocycles. The number of imide groups is 1. The highest BCUT2D eigenvalue weighted by Gasteiger charge is 2.22. The van der Waals surface area contributed by atoms with Gasteiger partial charge >= 0.3 is 0 Å². The maximum absolute atomic E-state index is 11.5. The average molecular weight is 551 g/mol. The molecule has 6 amide bonds. The molecule has 0 unspecified atom stereocenters. The third kappa shape index (κ3) is 20.0. The highest BCUT2D eigenvalue weighted by atomic mass is 32.2. The van der Waals surface area contributed by atoms with E-state index in [4.69, 9.17) is 7.85 Å². The minimum Gasteiger partial charge on any atom is -0.355 e. The summed E-state index contributed by atoms with van der Waals surface area (Å²) in [6.45, 7) is 2.74. The minimum atomic E-state index is -0.278. The van der Waals surface area contributed by atoms with Gasteiger partial charge in [0.1, 0.15) is 0 Å². The predicted molar refractivity (Wildman–Crippen MR) is 145 cm³/mol. The number of nitrogens with zero attached hydrogens (tertiary/aromatic N) is 1. The molecule has 0 bridgehead atoms. The molecular weight excluding hydrogens is 513 g/mol. The number of nitrogens with one attached hydrogen (secondary N) is 4. The van der Waals surface area contributed by atoms with E-state index in [0.29, 0.717) is 51.1 Å². The summed E-state index contributed by atoms with van der Waals surface area (Å²) in [5.74, 6) is 0.341. The first-order chi connectivity index (χ1) is 18.2. The Morgan fingerprint density at radius 1 is 0.842 bits per heavy atom. The minimum absolute atomic E-state index is 0.00484. The molecule has 0 spiro atoms. The van der Waals surface area contributed by atoms with Gasteiger partial charge in [0.2, 0.25) is 24.1 Å². The topological polar surface area (TPSA) is 171 Å². The van der Waals surface area contributed by atoms with Gasteiger partial charge in [-0.05, 0) is 44.8 Å². The van der Waals surface area contributed by atoms with Crippen LogP contribution in [0.3, 0.4) is 0 Å². The summed E-state index contributed by atoms with van der Waals surface area (Å²) in [6.07, 6.45) is 8.65. The van der Waals surface area contributed by atoms with Crippen LogP contribution in [0, 0.1) is 0 Å². The second-order valence-corrected chi connectivity index (χ2v) is 9.24. The molecule has 1 aliphatic rings. The molecule has 1 rings (SSSR count). The van der Waals surface area contributed by atoms with Gasteiger partial charge in [0.05, 0.1) is 24.6 Å². The number of hydrogen-bond acceptors (Lipinski definition) is 8. The quantitative estimate of drug-likeness (QED) is 0.0517. The monoisotopic (exact) mass is 551 g/mol. The summed E-state index contributed by atoms with van der Waals surface area (Å²) in [6, 6.07) is 0. The van der Waals surface area contributed by atoms with Crippen LogP contribution in [0.4, 0.5) is 0 Å². The largest absolute Gasteiger partial charge is 0.355 e. The maximum atomic E-state index is 11.5. The van der Waals surface area contributed by atoms with E-state index in [0.717, 1.165) is 31.4 Å². The van der Waals surface area contributed by atoms with Crippen molar-refractivity contribution in [3.8, 4) is 0 Å². The Morgan fingerprint density at radius 2 is 1.47 bits per heavy atom. The van der Waals surface area contributed by atoms with Crippen molar-refractivity contribution in [2.75, 3.05) is 37.8 Å². The number of likely N-dealkylation sites (N-methyl/N-ethyl adjacent to an activating group) is 1. The lowest BCUT2D eigenvalue weighted by Gasteiger charge is -2.13. The van der Waals surface area contributed by atoms with Gasteiger partial charge in [0.25, 0.3) is 11.8 Å². The first-order valence-electron chi connectivity index (χ1n) is 12.6. The third-order valence-corrected chi connectivity index (χ3v) is 5.86. The Kier molecular flexibility index (Phi) is 21.1. The molecule has 0 atom stereocenters. The van der Waals surface area contributed by atoms with Gasteiger partial charge in [0.15, 0.2) is 7.85 Å². The van der Waals surface area contributed by atoms with E-state index >= 15 is 0 Å². The maximum Gasteiger partial charge on any atom is 0.253 e. The van der Waals surface area contributed by atoms with Crippen molar-refractivity contribution in [2.45, 2.75) is 58.3 Å². The van der Waals surface area contributed by atoms with E-state index in [1.54, 1.807) is 11.8 Å². The predicted octanol–water partition coefficient (Wildman–Crippen LogP) is -0.481. The van der Waals surface area contributed by atoms with E-state index < -0.39 is 0 Å². The summed E-state index contributed by atoms with van der Waals surface area (Å²) in [4.78, 5) is 77.7. The zero-order chi connectivity index (χ0) is 28.6. The molecule has 14 heteroatoms. The Labute approximate surface area is 229 Å². The number of rotatable bonds is 20. The third-order valence-electron chi connectivity index (χ3n) is 4.94. The van der Waals surface area contributed by atoms with E-state index in [2.05, 4.69) is 21.3 Å². The van der Waals surface area contributed by atoms with Gasteiger partial charge in [-0.1, -0.05) is 12.8 Å². The van der Waals surface area contributed by atoms with E-state index in [-0.39, 0.29) is 48.3 Å². The molecular formula is C24H38BN5O7S. The zero-order valence-corrected chi connectivity index (χ0v) is 22.7. The number of carbonyl (C=O) groups is 7. The van der Waals surface area contributed by atoms with Crippen LogP contribution in [0.25, 0.3) is 0 Å². The molecule has 38 heavy (non-hydrogen) atoms. The number of carbonyl (C=O) groups excluding carboxylic acids is 7. The van der Waals surface area contributed by atoms with Crippen LogP contribution in [0.1, 0.15) is 58.3 Å². The first kappa shape index (κ1) is 34.8. The highest BCUT2D eigenvalue weighted by Crippen LogP contribution is 2.08. The van der Waals surface area contributed by atoms with Crippen LogP contribution >= 0.6 is 11.8 Å². The number of thioether (sulfide) groups is 1. The summed E-state index contributed by atoms with van der Waals surface area (Å²) >= 11 is 1.61. The molecule has 0 aromatic rings. The standard InChI is InChI=1S/C14H21N3O4.C10H17BN2O3S/c1-2-15-12(19)10-16-11(18)6-4-3-5-9-17-13(20)7-8-14(17)21;11-9(15)4-2-1-3-5-17-8-13-10(16)6-12-7-14/h7-8H,2-6,9-10H2,1H3,(H,15,19)(H,16,18);7H,1-6,8H2,(H,12,14)(H,13,16). The smallest absolute Gasteiger partial charge is 0.253 e. The van der Waals surface area contributed by atoms with Crippen LogP contribution in [0.5, 0.6) is 0 Å². The Hall–Kier alpha value is -3.16. The summed E-state index contributed by atoms with van der Waals surface area (Å²) < 4.78 is 0. The van der Waals surface area contributed by atoms with Crippen LogP contribution < -0.4 is 21.3 Å². The van der Waals surface area contributed by atoms with Gasteiger partial charge < -0.3 is 26.1 Å². The average Bonchev–Trinajstić information content (AvgIpc) is 3.20. The highest BCUT2D eigenvalue weighted by molar-refractivity contribution is 7.99. The van der Waals surface area contributed by atoms with Crippen molar-refractivity contribution in [1.82, 2.24) is 26.2 Å². The molecule has 1 heterocycles. The summed E-state index contributed by atoms with van der Waals surface area (Å²) in [7, 11) is 5.01. The molecule has 2 radical (unpaired) electrons. The van der Waals surface area contributed by atoms with Crippen molar-refractivity contribution >= 4 is 61.2 Å². The van der Waals surface area contributed by atoms with Gasteiger partial charge in [-0.3, -0.25) is 33.7 Å². The number of amides is 6. The molecule has 0 aliphatic carbocycles. The Morgan fingerprint density at radius 3 is 2.11 bits per heavy atom. The molecule has 210 valence electrons. The lowest BCUT2D eigenvalue weighted by atomic mass is 9.97. The zero-order valence-electron chi connectivity index (χ0n) is 21.9. The van der Waals surface area contributed by atoms with Gasteiger partial charge in [-0.25, -0.2) is 0 Å². The Balaban J connectivity index is 0.000000739. The van der Waals surface area contributed by atoms with Gasteiger partial charge in [-0.2, -0.15) is 0 Å². The van der Waals surface area contributed by atoms with Crippen LogP contribution in [-0.2, 0) is 33.6 Å². The van der Waals surface area contributed by atoms with Crippen molar-refractivity contribution in [3.63, 3.8) is 0 Å². The molecule has 1 aliphatic heterocycles. The summed E-state index contributed by atoms with van der Waals surface area (Å²) in [5.41, 5.74) is -0.257. The molecule has 0 fully saturated rings. The fourth-order valence-corrected chi connectivity index (χ4v) is 3.81. The molecule has 12 nitrogen and oxygen atoms in total. The lowest BCUT2D eigenvalue weighted by Crippen LogP contribution is -2.36. The number of unbranched alkanes of at least 4 members (excludes halogenated alkanes) is 4. The SMILES string of the molecule is CCNC(=O)CNC(=O)CCCCCN1C(=O)C=CC1=O.[B]C(=O)CCCCCSCNC(=O)CNC=O. The summed E-state index contributed by atoms with van der Waals surface area (Å²) in [5, 5.41) is 10.1. The fourth-order valence-electron chi connectivity index (χ4n) is 2.99. The molecule has 0 aromatic heterocycles. The van der Waals surface area contributed by atoms with Crippen LogP contribution in [0.15, 0.2) is 12.2 Å². The molecule has 0 aromatic carbocycles. The first-order valence-corrected chi connectivity index (χ1v) is 13.7. The number of hydrogen-bond donors (Lipinski definition) is 4. The normalized spacial score (nSPS) is 11.9.